The maximum Gasteiger partial charge on any atom is 0.223 e. The molecule has 3 aliphatic rings. The fourth-order valence-corrected chi connectivity index (χ4v) is 4.42. The first-order valence-corrected chi connectivity index (χ1v) is 9.52. The second-order valence-corrected chi connectivity index (χ2v) is 7.63. The number of amides is 2. The summed E-state index contributed by atoms with van der Waals surface area (Å²) >= 11 is 0. The van der Waals surface area contributed by atoms with E-state index in [1.54, 1.807) is 0 Å². The van der Waals surface area contributed by atoms with Crippen LogP contribution in [0.25, 0.3) is 0 Å². The third kappa shape index (κ3) is 4.48. The third-order valence-electron chi connectivity index (χ3n) is 5.95. The number of primary amides is 1. The van der Waals surface area contributed by atoms with Gasteiger partial charge in [0, 0.05) is 51.9 Å². The van der Waals surface area contributed by atoms with Crippen molar-refractivity contribution < 1.29 is 14.3 Å². The largest absolute Gasteiger partial charge is 0.381 e. The van der Waals surface area contributed by atoms with Gasteiger partial charge < -0.3 is 15.4 Å². The third-order valence-corrected chi connectivity index (χ3v) is 5.95. The van der Waals surface area contributed by atoms with E-state index in [2.05, 4.69) is 4.90 Å². The van der Waals surface area contributed by atoms with Gasteiger partial charge in [-0.05, 0) is 31.6 Å². The molecule has 1 saturated carbocycles. The van der Waals surface area contributed by atoms with Crippen LogP contribution in [0.3, 0.4) is 0 Å². The van der Waals surface area contributed by atoms with Crippen LogP contribution in [-0.2, 0) is 14.3 Å². The molecular formula is C18H31N3O3. The van der Waals surface area contributed by atoms with Crippen LogP contribution in [0.1, 0.15) is 44.9 Å². The van der Waals surface area contributed by atoms with E-state index in [0.29, 0.717) is 38.0 Å². The highest BCUT2D eigenvalue weighted by Gasteiger charge is 2.33. The lowest BCUT2D eigenvalue weighted by atomic mass is 10.0. The lowest BCUT2D eigenvalue weighted by Gasteiger charge is -2.34. The molecule has 1 aliphatic carbocycles. The molecule has 0 spiro atoms. The van der Waals surface area contributed by atoms with Crippen LogP contribution in [0, 0.1) is 11.8 Å². The van der Waals surface area contributed by atoms with Crippen molar-refractivity contribution in [3.63, 3.8) is 0 Å². The first-order chi connectivity index (χ1) is 11.6. The standard InChI is InChI=1S/C18H31N3O3/c19-18(23)15-12-20(16-5-9-24-10-6-16)7-8-21(13-15)17(22)11-14-3-1-2-4-14/h14-16H,1-13H2,(H2,19,23)/t15-/m1/s1. The highest BCUT2D eigenvalue weighted by molar-refractivity contribution is 5.80. The SMILES string of the molecule is NC(=O)[C@H]1CN(C(=O)CC2CCCC2)CCN(C2CCOCC2)C1. The van der Waals surface area contributed by atoms with Crippen LogP contribution >= 0.6 is 0 Å². The summed E-state index contributed by atoms with van der Waals surface area (Å²) in [7, 11) is 0. The summed E-state index contributed by atoms with van der Waals surface area (Å²) in [6, 6.07) is 0.450. The maximum absolute atomic E-state index is 12.7. The minimum atomic E-state index is -0.285. The lowest BCUT2D eigenvalue weighted by molar-refractivity contribution is -0.133. The Hall–Kier alpha value is -1.14. The lowest BCUT2D eigenvalue weighted by Crippen LogP contribution is -2.44. The molecule has 0 aromatic carbocycles. The molecule has 0 radical (unpaired) electrons. The smallest absolute Gasteiger partial charge is 0.223 e. The van der Waals surface area contributed by atoms with Crippen LogP contribution in [0.2, 0.25) is 0 Å². The Kier molecular flexibility index (Phi) is 6.11. The van der Waals surface area contributed by atoms with Gasteiger partial charge in [0.15, 0.2) is 0 Å². The molecule has 0 bridgehead atoms. The van der Waals surface area contributed by atoms with Gasteiger partial charge in [-0.15, -0.1) is 0 Å². The van der Waals surface area contributed by atoms with E-state index in [4.69, 9.17) is 10.5 Å². The van der Waals surface area contributed by atoms with Crippen LogP contribution in [-0.4, -0.2) is 67.0 Å². The van der Waals surface area contributed by atoms with Crippen molar-refractivity contribution in [2.24, 2.45) is 17.6 Å². The Morgan fingerprint density at radius 2 is 1.71 bits per heavy atom. The molecule has 0 aromatic rings. The number of nitrogens with two attached hydrogens (primary N) is 1. The number of hydrogen-bond acceptors (Lipinski definition) is 4. The molecule has 24 heavy (non-hydrogen) atoms. The molecule has 6 nitrogen and oxygen atoms in total. The van der Waals surface area contributed by atoms with Crippen LogP contribution in [0.4, 0.5) is 0 Å². The van der Waals surface area contributed by atoms with Gasteiger partial charge in [-0.3, -0.25) is 14.5 Å². The zero-order valence-electron chi connectivity index (χ0n) is 14.6. The average molecular weight is 337 g/mol. The van der Waals surface area contributed by atoms with Crippen LogP contribution in [0.15, 0.2) is 0 Å². The Morgan fingerprint density at radius 1 is 1.00 bits per heavy atom. The highest BCUT2D eigenvalue weighted by Crippen LogP contribution is 2.28. The first kappa shape index (κ1) is 17.7. The van der Waals surface area contributed by atoms with Crippen molar-refractivity contribution in [2.75, 3.05) is 39.4 Å². The molecule has 2 aliphatic heterocycles. The fraction of sp³-hybridized carbons (Fsp3) is 0.889. The molecule has 136 valence electrons. The fourth-order valence-electron chi connectivity index (χ4n) is 4.42. The quantitative estimate of drug-likeness (QED) is 0.830. The predicted octanol–water partition coefficient (Wildman–Crippen LogP) is 0.991. The molecule has 2 N–H and O–H groups in total. The van der Waals surface area contributed by atoms with E-state index in [1.165, 1.54) is 25.7 Å². The molecule has 6 heteroatoms. The average Bonchev–Trinajstić information content (AvgIpc) is 2.98. The van der Waals surface area contributed by atoms with Crippen molar-refractivity contribution in [3.05, 3.63) is 0 Å². The number of ether oxygens (including phenoxy) is 1. The van der Waals surface area contributed by atoms with Crippen molar-refractivity contribution in [1.82, 2.24) is 9.80 Å². The summed E-state index contributed by atoms with van der Waals surface area (Å²) in [5, 5.41) is 0. The van der Waals surface area contributed by atoms with Gasteiger partial charge in [-0.25, -0.2) is 0 Å². The second kappa shape index (κ2) is 8.30. The number of rotatable bonds is 4. The zero-order valence-corrected chi connectivity index (χ0v) is 14.6. The number of carbonyl (C=O) groups is 2. The normalized spacial score (nSPS) is 28.0. The van der Waals surface area contributed by atoms with Gasteiger partial charge in [0.1, 0.15) is 0 Å². The number of carbonyl (C=O) groups excluding carboxylic acids is 2. The van der Waals surface area contributed by atoms with Crippen LogP contribution in [0.5, 0.6) is 0 Å². The van der Waals surface area contributed by atoms with E-state index >= 15 is 0 Å². The van der Waals surface area contributed by atoms with Crippen LogP contribution < -0.4 is 5.73 Å². The van der Waals surface area contributed by atoms with Gasteiger partial charge in [-0.1, -0.05) is 12.8 Å². The molecule has 2 saturated heterocycles. The van der Waals surface area contributed by atoms with Gasteiger partial charge in [0.25, 0.3) is 0 Å². The summed E-state index contributed by atoms with van der Waals surface area (Å²) in [4.78, 5) is 28.8. The van der Waals surface area contributed by atoms with Crippen molar-refractivity contribution in [1.29, 1.82) is 0 Å². The highest BCUT2D eigenvalue weighted by atomic mass is 16.5. The minimum Gasteiger partial charge on any atom is -0.381 e. The molecule has 3 rings (SSSR count). The number of nitrogens with zero attached hydrogens (tertiary/aromatic N) is 2. The summed E-state index contributed by atoms with van der Waals surface area (Å²) in [5.74, 6) is 0.205. The predicted molar refractivity (Wildman–Crippen MR) is 91.3 cm³/mol. The van der Waals surface area contributed by atoms with E-state index < -0.39 is 0 Å². The summed E-state index contributed by atoms with van der Waals surface area (Å²) < 4.78 is 5.45. The van der Waals surface area contributed by atoms with E-state index in [-0.39, 0.29) is 17.7 Å². The molecule has 1 atom stereocenters. The van der Waals surface area contributed by atoms with Crippen molar-refractivity contribution in [2.45, 2.75) is 51.0 Å². The Morgan fingerprint density at radius 3 is 2.38 bits per heavy atom. The molecular weight excluding hydrogens is 306 g/mol. The topological polar surface area (TPSA) is 75.9 Å². The second-order valence-electron chi connectivity index (χ2n) is 7.63. The van der Waals surface area contributed by atoms with Gasteiger partial charge >= 0.3 is 0 Å². The summed E-state index contributed by atoms with van der Waals surface area (Å²) in [5.41, 5.74) is 5.63. The van der Waals surface area contributed by atoms with E-state index in [9.17, 15) is 9.59 Å². The maximum atomic E-state index is 12.7. The Labute approximate surface area is 144 Å². The monoisotopic (exact) mass is 337 g/mol. The van der Waals surface area contributed by atoms with Gasteiger partial charge in [0.2, 0.25) is 11.8 Å². The molecule has 2 amide bonds. The molecule has 2 heterocycles. The van der Waals surface area contributed by atoms with E-state index in [1.807, 2.05) is 4.90 Å². The first-order valence-electron chi connectivity index (χ1n) is 9.52. The Bertz CT molecular complexity index is 445. The van der Waals surface area contributed by atoms with Gasteiger partial charge in [-0.2, -0.15) is 0 Å². The Balaban J connectivity index is 1.61. The zero-order chi connectivity index (χ0) is 16.9. The van der Waals surface area contributed by atoms with E-state index in [0.717, 1.165) is 32.6 Å². The minimum absolute atomic E-state index is 0.210. The summed E-state index contributed by atoms with van der Waals surface area (Å²) in [6.45, 7) is 4.28. The number of hydrogen-bond donors (Lipinski definition) is 1. The van der Waals surface area contributed by atoms with Crippen molar-refractivity contribution in [3.8, 4) is 0 Å². The summed E-state index contributed by atoms with van der Waals surface area (Å²) in [6.07, 6.45) is 7.49. The molecule has 3 fully saturated rings. The molecule has 0 aromatic heterocycles. The van der Waals surface area contributed by atoms with Gasteiger partial charge in [0.05, 0.1) is 5.92 Å². The van der Waals surface area contributed by atoms with Crippen molar-refractivity contribution >= 4 is 11.8 Å². The molecule has 0 unspecified atom stereocenters.